The van der Waals surface area contributed by atoms with E-state index in [1.165, 1.54) is 6.92 Å². The van der Waals surface area contributed by atoms with Crippen LogP contribution in [0.2, 0.25) is 0 Å². The number of rotatable bonds is 5. The van der Waals surface area contributed by atoms with Crippen LogP contribution in [0, 0.1) is 11.8 Å². The van der Waals surface area contributed by atoms with Crippen LogP contribution in [-0.4, -0.2) is 47.8 Å². The topological polar surface area (TPSA) is 92.8 Å². The molecule has 1 heterocycles. The fourth-order valence-corrected chi connectivity index (χ4v) is 3.12. The van der Waals surface area contributed by atoms with Gasteiger partial charge in [0.15, 0.2) is 6.10 Å². The van der Waals surface area contributed by atoms with Crippen LogP contribution in [0.1, 0.15) is 39.5 Å². The van der Waals surface area contributed by atoms with Crippen molar-refractivity contribution in [2.75, 3.05) is 13.1 Å². The quantitative estimate of drug-likeness (QED) is 0.579. The van der Waals surface area contributed by atoms with Crippen LogP contribution in [0.3, 0.4) is 0 Å². The lowest BCUT2D eigenvalue weighted by Gasteiger charge is -2.19. The molecule has 0 radical (unpaired) electrons. The molecule has 1 aliphatic heterocycles. The van der Waals surface area contributed by atoms with Gasteiger partial charge in [-0.25, -0.2) is 0 Å². The summed E-state index contributed by atoms with van der Waals surface area (Å²) >= 11 is 0. The molecule has 7 heteroatoms. The minimum absolute atomic E-state index is 0.280. The number of esters is 1. The fourth-order valence-electron chi connectivity index (χ4n) is 3.12. The molecule has 3 atom stereocenters. The highest BCUT2D eigenvalue weighted by atomic mass is 16.5. The molecule has 0 aromatic heterocycles. The van der Waals surface area contributed by atoms with E-state index in [0.29, 0.717) is 19.4 Å². The summed E-state index contributed by atoms with van der Waals surface area (Å²) in [7, 11) is 0. The number of carbonyl (C=O) groups excluding carboxylic acids is 4. The summed E-state index contributed by atoms with van der Waals surface area (Å²) in [6, 6.07) is 0. The fraction of sp³-hybridized carbons (Fsp3) is 0.733. The molecule has 1 aliphatic carbocycles. The van der Waals surface area contributed by atoms with Crippen molar-refractivity contribution in [1.82, 2.24) is 10.2 Å². The maximum atomic E-state index is 12.2. The third-order valence-corrected chi connectivity index (χ3v) is 4.25. The number of imide groups is 1. The maximum absolute atomic E-state index is 12.2. The smallest absolute Gasteiger partial charge is 0.326 e. The van der Waals surface area contributed by atoms with Gasteiger partial charge in [0.05, 0.1) is 11.8 Å². The SMILES string of the molecule is CCNC(=O)[C@@H](C)OC(=O)CN1C(=O)[C@H]2CCCC[C@@H]2C1=O. The Morgan fingerprint density at radius 3 is 2.27 bits per heavy atom. The lowest BCUT2D eigenvalue weighted by atomic mass is 9.81. The van der Waals surface area contributed by atoms with Gasteiger partial charge >= 0.3 is 5.97 Å². The highest BCUT2D eigenvalue weighted by Gasteiger charge is 2.48. The van der Waals surface area contributed by atoms with Crippen LogP contribution in [0.4, 0.5) is 0 Å². The zero-order valence-electron chi connectivity index (χ0n) is 13.0. The Labute approximate surface area is 129 Å². The molecular weight excluding hydrogens is 288 g/mol. The van der Waals surface area contributed by atoms with Gasteiger partial charge in [-0.05, 0) is 26.7 Å². The zero-order valence-corrected chi connectivity index (χ0v) is 13.0. The molecule has 2 rings (SSSR count). The van der Waals surface area contributed by atoms with Crippen molar-refractivity contribution in [3.8, 4) is 0 Å². The zero-order chi connectivity index (χ0) is 16.3. The molecule has 3 amide bonds. The van der Waals surface area contributed by atoms with Crippen LogP contribution < -0.4 is 5.32 Å². The van der Waals surface area contributed by atoms with E-state index in [2.05, 4.69) is 5.32 Å². The van der Waals surface area contributed by atoms with E-state index >= 15 is 0 Å². The molecule has 0 spiro atoms. The lowest BCUT2D eigenvalue weighted by Crippen LogP contribution is -2.40. The molecule has 7 nitrogen and oxygen atoms in total. The lowest BCUT2D eigenvalue weighted by molar-refractivity contribution is -0.159. The summed E-state index contributed by atoms with van der Waals surface area (Å²) < 4.78 is 4.98. The van der Waals surface area contributed by atoms with E-state index in [0.717, 1.165) is 17.7 Å². The van der Waals surface area contributed by atoms with Crippen molar-refractivity contribution in [3.05, 3.63) is 0 Å². The van der Waals surface area contributed by atoms with Gasteiger partial charge in [-0.15, -0.1) is 0 Å². The molecule has 0 aromatic carbocycles. The standard InChI is InChI=1S/C15H22N2O5/c1-3-16-13(19)9(2)22-12(18)8-17-14(20)10-6-4-5-7-11(10)15(17)21/h9-11H,3-8H2,1-2H3,(H,16,19)/t9-,10+,11+/m1/s1. The van der Waals surface area contributed by atoms with Crippen molar-refractivity contribution in [1.29, 1.82) is 0 Å². The summed E-state index contributed by atoms with van der Waals surface area (Å²) in [6.07, 6.45) is 2.34. The number of fused-ring (bicyclic) bond motifs is 1. The molecule has 0 unspecified atom stereocenters. The van der Waals surface area contributed by atoms with Gasteiger partial charge in [-0.2, -0.15) is 0 Å². The largest absolute Gasteiger partial charge is 0.451 e. The van der Waals surface area contributed by atoms with Crippen molar-refractivity contribution >= 4 is 23.7 Å². The van der Waals surface area contributed by atoms with E-state index in [1.54, 1.807) is 6.92 Å². The second-order valence-electron chi connectivity index (χ2n) is 5.79. The summed E-state index contributed by atoms with van der Waals surface area (Å²) in [6.45, 7) is 3.24. The predicted molar refractivity (Wildman–Crippen MR) is 76.4 cm³/mol. The summed E-state index contributed by atoms with van der Waals surface area (Å²) in [5.41, 5.74) is 0. The first kappa shape index (κ1) is 16.5. The van der Waals surface area contributed by atoms with Crippen LogP contribution in [0.25, 0.3) is 0 Å². The van der Waals surface area contributed by atoms with Crippen molar-refractivity contribution in [3.63, 3.8) is 0 Å². The van der Waals surface area contributed by atoms with Gasteiger partial charge in [-0.1, -0.05) is 12.8 Å². The van der Waals surface area contributed by atoms with E-state index in [-0.39, 0.29) is 23.7 Å². The molecule has 1 saturated carbocycles. The highest BCUT2D eigenvalue weighted by molar-refractivity contribution is 6.07. The van der Waals surface area contributed by atoms with Crippen LogP contribution in [-0.2, 0) is 23.9 Å². The van der Waals surface area contributed by atoms with Crippen LogP contribution >= 0.6 is 0 Å². The maximum Gasteiger partial charge on any atom is 0.326 e. The number of hydrogen-bond donors (Lipinski definition) is 1. The normalized spacial score (nSPS) is 25.6. The first-order valence-electron chi connectivity index (χ1n) is 7.78. The molecule has 2 aliphatic rings. The third kappa shape index (κ3) is 3.28. The molecule has 1 saturated heterocycles. The van der Waals surface area contributed by atoms with Gasteiger partial charge in [0.2, 0.25) is 11.8 Å². The van der Waals surface area contributed by atoms with Crippen LogP contribution in [0.15, 0.2) is 0 Å². The van der Waals surface area contributed by atoms with E-state index in [1.807, 2.05) is 0 Å². The van der Waals surface area contributed by atoms with Crippen LogP contribution in [0.5, 0.6) is 0 Å². The second-order valence-corrected chi connectivity index (χ2v) is 5.79. The third-order valence-electron chi connectivity index (χ3n) is 4.25. The van der Waals surface area contributed by atoms with Gasteiger partial charge in [0, 0.05) is 6.54 Å². The van der Waals surface area contributed by atoms with E-state index in [4.69, 9.17) is 4.74 Å². The van der Waals surface area contributed by atoms with E-state index in [9.17, 15) is 19.2 Å². The average Bonchev–Trinajstić information content (AvgIpc) is 2.73. The summed E-state index contributed by atoms with van der Waals surface area (Å²) in [4.78, 5) is 48.8. The van der Waals surface area contributed by atoms with Crippen molar-refractivity contribution in [2.24, 2.45) is 11.8 Å². The second kappa shape index (κ2) is 6.89. The minimum atomic E-state index is -0.942. The molecule has 1 N–H and O–H groups in total. The first-order valence-corrected chi connectivity index (χ1v) is 7.78. The Bertz CT molecular complexity index is 466. The number of hydrogen-bond acceptors (Lipinski definition) is 5. The van der Waals surface area contributed by atoms with Gasteiger partial charge < -0.3 is 10.1 Å². The van der Waals surface area contributed by atoms with Crippen molar-refractivity contribution in [2.45, 2.75) is 45.6 Å². The number of carbonyl (C=O) groups is 4. The summed E-state index contributed by atoms with van der Waals surface area (Å²) in [5, 5.41) is 2.54. The monoisotopic (exact) mass is 310 g/mol. The molecule has 0 aromatic rings. The Kier molecular flexibility index (Phi) is 5.15. The van der Waals surface area contributed by atoms with E-state index < -0.39 is 24.5 Å². The number of likely N-dealkylation sites (N-methyl/N-ethyl adjacent to an activating group) is 1. The minimum Gasteiger partial charge on any atom is -0.451 e. The Balaban J connectivity index is 1.92. The Morgan fingerprint density at radius 2 is 1.77 bits per heavy atom. The molecular formula is C15H22N2O5. The predicted octanol–water partition coefficient (Wildman–Crippen LogP) is 0.229. The molecule has 0 bridgehead atoms. The van der Waals surface area contributed by atoms with Gasteiger partial charge in [0.25, 0.3) is 5.91 Å². The Morgan fingerprint density at radius 1 is 1.23 bits per heavy atom. The van der Waals surface area contributed by atoms with Gasteiger partial charge in [0.1, 0.15) is 6.54 Å². The number of amides is 3. The average molecular weight is 310 g/mol. The number of nitrogens with zero attached hydrogens (tertiary/aromatic N) is 1. The highest BCUT2D eigenvalue weighted by Crippen LogP contribution is 2.37. The van der Waals surface area contributed by atoms with Gasteiger partial charge in [-0.3, -0.25) is 24.1 Å². The molecule has 2 fully saturated rings. The van der Waals surface area contributed by atoms with Crippen molar-refractivity contribution < 1.29 is 23.9 Å². The number of nitrogens with one attached hydrogen (secondary N) is 1. The molecule has 22 heavy (non-hydrogen) atoms. The number of ether oxygens (including phenoxy) is 1. The number of likely N-dealkylation sites (tertiary alicyclic amines) is 1. The summed E-state index contributed by atoms with van der Waals surface area (Å²) in [5.74, 6) is -2.26. The Hall–Kier alpha value is -1.92. The first-order chi connectivity index (χ1) is 10.5. The molecule has 122 valence electrons.